The molecule has 114 valence electrons. The van der Waals surface area contributed by atoms with E-state index in [9.17, 15) is 0 Å². The molecular weight excluding hydrogens is 412 g/mol. The predicted octanol–water partition coefficient (Wildman–Crippen LogP) is -3.38. The topological polar surface area (TPSA) is 241 Å². The molecule has 0 aromatic rings. The van der Waals surface area contributed by atoms with E-state index in [1.807, 2.05) is 0 Å². The number of hydrogen-bond acceptors (Lipinski definition) is 12. The Morgan fingerprint density at radius 3 is 0.444 bits per heavy atom. The van der Waals surface area contributed by atoms with Crippen molar-refractivity contribution in [2.24, 2.45) is 0 Å². The van der Waals surface area contributed by atoms with Gasteiger partial charge in [-0.05, 0) is 0 Å². The quantitative estimate of drug-likeness (QED) is 0.213. The summed E-state index contributed by atoms with van der Waals surface area (Å²) in [5.41, 5.74) is 0. The Morgan fingerprint density at radius 1 is 0.444 bits per heavy atom. The fraction of sp³-hybridized carbons (Fsp3) is 1.00. The predicted molar refractivity (Wildman–Crippen MR) is 38.2 cm³/mol. The minimum Gasteiger partial charge on any atom is -0.759 e. The van der Waals surface area contributed by atoms with Gasteiger partial charge in [0, 0.05) is 31.2 Å². The zero-order valence-electron chi connectivity index (χ0n) is 6.83. The van der Waals surface area contributed by atoms with E-state index < -0.39 is 31.2 Å². The molecule has 0 aliphatic heterocycles. The average Bonchev–Trinajstić information content (AvgIpc) is 1.41. The van der Waals surface area contributed by atoms with Crippen LogP contribution in [0.3, 0.4) is 0 Å². The fourth-order valence-corrected chi connectivity index (χ4v) is 0. The molecule has 0 saturated carbocycles. The first kappa shape index (κ1) is 36.3. The van der Waals surface area contributed by atoms with Gasteiger partial charge in [0.15, 0.2) is 0 Å². The third kappa shape index (κ3) is 9680. The molecule has 0 N–H and O–H groups in total. The summed E-state index contributed by atoms with van der Waals surface area (Å²) in [6.07, 6.45) is 0. The van der Waals surface area contributed by atoms with Crippen molar-refractivity contribution >= 4 is 31.2 Å². The largest absolute Gasteiger partial charge is 3.00 e. The number of rotatable bonds is 0. The second-order valence-electron chi connectivity index (χ2n) is 1.22. The van der Waals surface area contributed by atoms with E-state index in [1.54, 1.807) is 0 Å². The Bertz CT molecular complexity index is 346. The SMILES string of the molecule is C.O=S(=O)([O-])[O-].O=S(=O)([O-])[O-].O=S(=O)([O-])[O-].[Fe+3].[Fe+3]. The molecule has 0 atom stereocenters. The minimum absolute atomic E-state index is 0. The summed E-state index contributed by atoms with van der Waals surface area (Å²) in [7, 11) is -15.5. The first-order valence-electron chi connectivity index (χ1n) is 2.00. The van der Waals surface area contributed by atoms with Crippen LogP contribution in [0.25, 0.3) is 0 Å². The zero-order chi connectivity index (χ0) is 13.5. The smallest absolute Gasteiger partial charge is 0.759 e. The van der Waals surface area contributed by atoms with E-state index in [2.05, 4.69) is 0 Å². The maximum absolute atomic E-state index is 8.52. The van der Waals surface area contributed by atoms with Crippen LogP contribution in [0.2, 0.25) is 0 Å². The van der Waals surface area contributed by atoms with Crippen LogP contribution in [0.1, 0.15) is 7.43 Å². The molecule has 2 radical (unpaired) electrons. The van der Waals surface area contributed by atoms with Crippen LogP contribution in [0, 0.1) is 0 Å². The molecule has 0 fully saturated rings. The van der Waals surface area contributed by atoms with Gasteiger partial charge >= 0.3 is 34.1 Å². The maximum atomic E-state index is 8.52. The Hall–Kier alpha value is 0.649. The molecule has 0 aromatic carbocycles. The van der Waals surface area contributed by atoms with Crippen LogP contribution in [0.5, 0.6) is 0 Å². The Morgan fingerprint density at radius 2 is 0.444 bits per heavy atom. The Labute approximate surface area is 125 Å². The molecule has 0 unspecified atom stereocenters. The van der Waals surface area contributed by atoms with Gasteiger partial charge in [-0.3, -0.25) is 25.3 Å². The van der Waals surface area contributed by atoms with Gasteiger partial charge in [-0.2, -0.15) is 0 Å². The summed E-state index contributed by atoms with van der Waals surface area (Å²) in [5, 5.41) is 0. The van der Waals surface area contributed by atoms with Crippen molar-refractivity contribution in [1.82, 2.24) is 0 Å². The monoisotopic (exact) mass is 416 g/mol. The molecule has 0 heterocycles. The van der Waals surface area contributed by atoms with Crippen LogP contribution < -0.4 is 0 Å². The molecule has 18 heavy (non-hydrogen) atoms. The molecule has 0 spiro atoms. The van der Waals surface area contributed by atoms with E-state index in [0.29, 0.717) is 0 Å². The summed E-state index contributed by atoms with van der Waals surface area (Å²) in [6.45, 7) is 0. The van der Waals surface area contributed by atoms with Crippen molar-refractivity contribution in [3.8, 4) is 0 Å². The second-order valence-corrected chi connectivity index (χ2v) is 3.67. The van der Waals surface area contributed by atoms with Crippen LogP contribution in [-0.2, 0) is 65.3 Å². The first-order chi connectivity index (χ1) is 6.00. The van der Waals surface area contributed by atoms with Gasteiger partial charge in [0.2, 0.25) is 0 Å². The molecule has 0 bridgehead atoms. The van der Waals surface area contributed by atoms with E-state index in [4.69, 9.17) is 52.6 Å². The van der Waals surface area contributed by atoms with Crippen molar-refractivity contribution < 1.29 is 86.7 Å². The molecule has 17 heteroatoms. The first-order valence-corrected chi connectivity index (χ1v) is 6.00. The van der Waals surface area contributed by atoms with Gasteiger partial charge < -0.3 is 27.3 Å². The van der Waals surface area contributed by atoms with E-state index in [-0.39, 0.29) is 41.6 Å². The standard InChI is InChI=1S/CH4.2Fe.3H2O4S/c;;;3*1-5(2,3)4/h1H4;;;3*(H2,1,2,3,4)/q;2*+3;;;/p-6. The van der Waals surface area contributed by atoms with Gasteiger partial charge in [0.05, 0.1) is 0 Å². The van der Waals surface area contributed by atoms with Gasteiger partial charge in [-0.15, -0.1) is 0 Å². The van der Waals surface area contributed by atoms with E-state index in [0.717, 1.165) is 0 Å². The summed E-state index contributed by atoms with van der Waals surface area (Å²) >= 11 is 0. The molecule has 0 aromatic heterocycles. The summed E-state index contributed by atoms with van der Waals surface area (Å²) in [5.74, 6) is 0. The van der Waals surface area contributed by atoms with Crippen molar-refractivity contribution in [1.29, 1.82) is 0 Å². The molecule has 0 rings (SSSR count). The second kappa shape index (κ2) is 14.1. The third-order valence-corrected chi connectivity index (χ3v) is 0. The van der Waals surface area contributed by atoms with Crippen molar-refractivity contribution in [3.63, 3.8) is 0 Å². The van der Waals surface area contributed by atoms with Gasteiger partial charge in [0.25, 0.3) is 0 Å². The van der Waals surface area contributed by atoms with E-state index >= 15 is 0 Å². The molecular formula is CH4Fe2O12S3. The van der Waals surface area contributed by atoms with Crippen LogP contribution >= 0.6 is 0 Å². The minimum atomic E-state index is -5.17. The summed E-state index contributed by atoms with van der Waals surface area (Å²) in [4.78, 5) is 0. The van der Waals surface area contributed by atoms with Gasteiger partial charge in [-0.25, -0.2) is 0 Å². The van der Waals surface area contributed by atoms with Gasteiger partial charge in [-0.1, -0.05) is 7.43 Å². The van der Waals surface area contributed by atoms with Crippen molar-refractivity contribution in [2.45, 2.75) is 7.43 Å². The molecule has 0 amide bonds. The summed E-state index contributed by atoms with van der Waals surface area (Å²) < 4.78 is 102. The van der Waals surface area contributed by atoms with Crippen LogP contribution in [0.4, 0.5) is 0 Å². The normalized spacial score (nSPS) is 9.67. The molecule has 0 aliphatic rings. The molecule has 0 saturated heterocycles. The molecule has 12 nitrogen and oxygen atoms in total. The van der Waals surface area contributed by atoms with Crippen molar-refractivity contribution in [3.05, 3.63) is 0 Å². The number of hydrogen-bond donors (Lipinski definition) is 0. The third-order valence-electron chi connectivity index (χ3n) is 0. The Kier molecular flexibility index (Phi) is 28.4. The summed E-state index contributed by atoms with van der Waals surface area (Å²) in [6, 6.07) is 0. The van der Waals surface area contributed by atoms with Crippen molar-refractivity contribution in [2.75, 3.05) is 0 Å². The Balaban J connectivity index is -0.0000000277. The molecule has 0 aliphatic carbocycles. The average molecular weight is 416 g/mol. The fourth-order valence-electron chi connectivity index (χ4n) is 0. The van der Waals surface area contributed by atoms with Crippen LogP contribution in [-0.4, -0.2) is 52.6 Å². The zero-order valence-corrected chi connectivity index (χ0v) is 11.5. The van der Waals surface area contributed by atoms with Crippen LogP contribution in [0.15, 0.2) is 0 Å². The maximum Gasteiger partial charge on any atom is 3.00 e. The van der Waals surface area contributed by atoms with Gasteiger partial charge in [0.1, 0.15) is 0 Å². The van der Waals surface area contributed by atoms with E-state index in [1.165, 1.54) is 0 Å².